The summed E-state index contributed by atoms with van der Waals surface area (Å²) >= 11 is 1.35. The maximum atomic E-state index is 14.9. The van der Waals surface area contributed by atoms with Gasteiger partial charge in [0.2, 0.25) is 5.88 Å². The topological polar surface area (TPSA) is 255 Å². The Labute approximate surface area is 676 Å². The molecular weight excluding hydrogens is 1560 g/mol. The number of aromatic nitrogens is 10. The lowest BCUT2D eigenvalue weighted by Crippen LogP contribution is -2.36. The van der Waals surface area contributed by atoms with Crippen molar-refractivity contribution in [3.05, 3.63) is 304 Å². The molecule has 10 heterocycles. The van der Waals surface area contributed by atoms with Gasteiger partial charge in [-0.1, -0.05) is 23.5 Å². The predicted molar refractivity (Wildman–Crippen MR) is 430 cm³/mol. The SMILES string of the molecule is Cc1cc(=O)n(-c2ccc(N3CCOCC3)c(F)c2)c(CNc2cccc(F)c2)n1.Cc1cc(=O)n(-c2ccc(N3CCOCC3)c(F)c2)c(COc2ccc(F)c(F)c2)n1.Cc1cc(=O)n(-c2ccc(N3CCOCC3)c(F)c2)c(COc2ccccn2)n1.Cc1cc(=O)n(-c2ccc(N3CCOCC3)c(F)c2)c(COc2nccs2)n1. The molecule has 118 heavy (non-hydrogen) atoms. The van der Waals surface area contributed by atoms with E-state index in [2.05, 4.69) is 35.2 Å². The standard InChI is InChI=1S/C22H20F3N3O3.C22H22F2N4O2.C21H21FN4O3.C19H19FN4O3S/c1-14-10-22(29)28(21(26-14)13-31-16-3-4-17(23)18(24)12-16)15-2-5-20(19(25)11-15)27-6-8-30-9-7-27;1-15-11-22(29)28(21(26-15)14-25-17-4-2-3-16(23)12-17)18-5-6-20(19(24)13-18)27-7-9-30-10-8-27;1-15-12-21(27)26(19(24-15)14-29-20-4-2-3-7-23-20)16-5-6-18(17(22)13-16)25-8-10-28-11-9-25;1-13-10-18(25)24(17(22-13)12-27-19-21-4-9-28-19)14-2-3-16(15(20)11-14)23-5-7-26-8-6-23/h2-5,10-12H,6-9,13H2,1H3;2-6,11-13,25H,7-10,14H2,1H3;2-7,12-13H,8-11,14H2,1H3;2-4,9-11H,5-8,12H2,1H3. The number of ether oxygens (including phenoxy) is 7. The first-order chi connectivity index (χ1) is 57.2. The fourth-order valence-electron chi connectivity index (χ4n) is 13.4. The zero-order chi connectivity index (χ0) is 82.8. The molecule has 4 aliphatic heterocycles. The molecule has 16 rings (SSSR count). The molecule has 4 fully saturated rings. The van der Waals surface area contributed by atoms with E-state index in [4.69, 9.17) is 33.2 Å². The number of nitrogens with zero attached hydrogens (tertiary/aromatic N) is 14. The molecule has 0 bridgehead atoms. The van der Waals surface area contributed by atoms with Crippen LogP contribution in [0.1, 0.15) is 46.1 Å². The average molecular weight is 1640 g/mol. The van der Waals surface area contributed by atoms with E-state index in [-0.39, 0.29) is 66.1 Å². The van der Waals surface area contributed by atoms with Crippen LogP contribution in [-0.4, -0.2) is 153 Å². The molecule has 1 N–H and O–H groups in total. The van der Waals surface area contributed by atoms with Gasteiger partial charge in [-0.15, -0.1) is 0 Å². The lowest BCUT2D eigenvalue weighted by Gasteiger charge is -2.29. The van der Waals surface area contributed by atoms with Crippen LogP contribution in [0.25, 0.3) is 22.7 Å². The van der Waals surface area contributed by atoms with Gasteiger partial charge in [0.15, 0.2) is 29.1 Å². The number of rotatable bonds is 20. The van der Waals surface area contributed by atoms with Crippen LogP contribution in [0.2, 0.25) is 0 Å². The van der Waals surface area contributed by atoms with Crippen molar-refractivity contribution in [3.8, 4) is 39.6 Å². The summed E-state index contributed by atoms with van der Waals surface area (Å²) in [7, 11) is 0. The Morgan fingerprint density at radius 2 is 0.763 bits per heavy atom. The van der Waals surface area contributed by atoms with Gasteiger partial charge < -0.3 is 58.1 Å². The number of halogens is 7. The summed E-state index contributed by atoms with van der Waals surface area (Å²) in [6.07, 6.45) is 3.25. The van der Waals surface area contributed by atoms with E-state index < -0.39 is 40.5 Å². The summed E-state index contributed by atoms with van der Waals surface area (Å²) in [4.78, 5) is 84.1. The Morgan fingerprint density at radius 1 is 0.373 bits per heavy atom. The summed E-state index contributed by atoms with van der Waals surface area (Å²) in [5.74, 6) is -2.21. The van der Waals surface area contributed by atoms with Gasteiger partial charge in [0, 0.05) is 159 Å². The van der Waals surface area contributed by atoms with E-state index in [1.54, 1.807) is 124 Å². The first-order valence-electron chi connectivity index (χ1n) is 37.7. The lowest BCUT2D eigenvalue weighted by molar-refractivity contribution is 0.122. The first kappa shape index (κ1) is 83.3. The van der Waals surface area contributed by atoms with Crippen molar-refractivity contribution in [1.82, 2.24) is 48.2 Å². The van der Waals surface area contributed by atoms with E-state index in [1.807, 2.05) is 19.6 Å². The Balaban J connectivity index is 0.000000136. The molecule has 0 saturated carbocycles. The Morgan fingerprint density at radius 3 is 1.13 bits per heavy atom. The molecule has 4 aliphatic rings. The van der Waals surface area contributed by atoms with Crippen molar-refractivity contribution in [2.45, 2.75) is 54.1 Å². The average Bonchev–Trinajstić information content (AvgIpc) is 0.887. The highest BCUT2D eigenvalue weighted by atomic mass is 32.1. The van der Waals surface area contributed by atoms with Crippen molar-refractivity contribution >= 4 is 39.8 Å². The third kappa shape index (κ3) is 21.3. The van der Waals surface area contributed by atoms with Gasteiger partial charge in [-0.25, -0.2) is 60.6 Å². The smallest absolute Gasteiger partial charge is 0.273 e. The number of pyridine rings is 1. The Kier molecular flexibility index (Phi) is 27.8. The third-order valence-electron chi connectivity index (χ3n) is 18.9. The molecule has 0 aliphatic carbocycles. The largest absolute Gasteiger partial charge is 0.486 e. The van der Waals surface area contributed by atoms with Gasteiger partial charge in [-0.05, 0) is 113 Å². The van der Waals surface area contributed by atoms with E-state index in [1.165, 1.54) is 96.3 Å². The van der Waals surface area contributed by atoms with Gasteiger partial charge in [-0.3, -0.25) is 37.4 Å². The second kappa shape index (κ2) is 39.3. The minimum Gasteiger partial charge on any atom is -0.486 e. The molecule has 614 valence electrons. The summed E-state index contributed by atoms with van der Waals surface area (Å²) in [5.41, 5.74) is 4.80. The summed E-state index contributed by atoms with van der Waals surface area (Å²) in [6, 6.07) is 38.8. The number of benzene rings is 6. The van der Waals surface area contributed by atoms with Crippen molar-refractivity contribution in [2.75, 3.05) is 130 Å². The van der Waals surface area contributed by atoms with Crippen LogP contribution < -0.4 is 61.4 Å². The zero-order valence-electron chi connectivity index (χ0n) is 64.7. The summed E-state index contributed by atoms with van der Waals surface area (Å²) in [6.45, 7) is 16.2. The Bertz CT molecular complexity index is 5730. The molecule has 12 aromatic rings. The van der Waals surface area contributed by atoms with Gasteiger partial charge in [0.25, 0.3) is 27.4 Å². The molecule has 0 spiro atoms. The Hall–Kier alpha value is -12.6. The van der Waals surface area contributed by atoms with Crippen LogP contribution in [-0.2, 0) is 45.3 Å². The van der Waals surface area contributed by atoms with E-state index in [9.17, 15) is 49.9 Å². The number of thiazole rings is 1. The molecule has 6 aromatic carbocycles. The number of anilines is 5. The fourth-order valence-corrected chi connectivity index (χ4v) is 13.9. The van der Waals surface area contributed by atoms with Crippen LogP contribution in [0.3, 0.4) is 0 Å². The van der Waals surface area contributed by atoms with Crippen LogP contribution in [0.4, 0.5) is 59.2 Å². The number of nitrogens with one attached hydrogen (secondary N) is 1. The highest BCUT2D eigenvalue weighted by Crippen LogP contribution is 2.30. The van der Waals surface area contributed by atoms with Gasteiger partial charge in [0.05, 0.1) is 105 Å². The third-order valence-corrected chi connectivity index (χ3v) is 19.6. The molecule has 6 aromatic heterocycles. The minimum atomic E-state index is -1.05. The second-order valence-corrected chi connectivity index (χ2v) is 28.0. The monoisotopic (exact) mass is 1640 g/mol. The summed E-state index contributed by atoms with van der Waals surface area (Å²) < 4.78 is 143. The van der Waals surface area contributed by atoms with Crippen molar-refractivity contribution < 1.29 is 63.9 Å². The number of hydrogen-bond donors (Lipinski definition) is 1. The molecule has 0 atom stereocenters. The lowest BCUT2D eigenvalue weighted by atomic mass is 10.2. The molecular formula is C84H82F7N15O11S. The maximum Gasteiger partial charge on any atom is 0.273 e. The van der Waals surface area contributed by atoms with Crippen LogP contribution in [0.5, 0.6) is 16.8 Å². The number of aryl methyl sites for hydroxylation is 4. The van der Waals surface area contributed by atoms with E-state index in [0.29, 0.717) is 202 Å². The quantitative estimate of drug-likeness (QED) is 0.0696. The molecule has 0 unspecified atom stereocenters. The number of hydrogen-bond acceptors (Lipinski definition) is 23. The predicted octanol–water partition coefficient (Wildman–Crippen LogP) is 11.7. The second-order valence-electron chi connectivity index (χ2n) is 27.2. The van der Waals surface area contributed by atoms with Crippen LogP contribution in [0.15, 0.2) is 195 Å². The summed E-state index contributed by atoms with van der Waals surface area (Å²) in [5, 5.41) is 5.35. The number of morpholine rings is 4. The van der Waals surface area contributed by atoms with E-state index >= 15 is 0 Å². The maximum absolute atomic E-state index is 14.9. The molecule has 26 nitrogen and oxygen atoms in total. The van der Waals surface area contributed by atoms with Crippen molar-refractivity contribution in [1.29, 1.82) is 0 Å². The minimum absolute atomic E-state index is 0.0285. The highest BCUT2D eigenvalue weighted by molar-refractivity contribution is 7.11. The van der Waals surface area contributed by atoms with Crippen molar-refractivity contribution in [3.63, 3.8) is 0 Å². The van der Waals surface area contributed by atoms with Gasteiger partial charge in [0.1, 0.15) is 60.5 Å². The van der Waals surface area contributed by atoms with E-state index in [0.717, 1.165) is 12.1 Å². The fraction of sp³-hybridized carbons (Fsp3) is 0.286. The molecule has 0 amide bonds. The van der Waals surface area contributed by atoms with Crippen molar-refractivity contribution in [2.24, 2.45) is 0 Å². The normalized spacial score (nSPS) is 14.1. The van der Waals surface area contributed by atoms with Gasteiger partial charge in [-0.2, -0.15) is 0 Å². The van der Waals surface area contributed by atoms with Crippen LogP contribution in [0, 0.1) is 68.4 Å². The molecule has 34 heteroatoms. The van der Waals surface area contributed by atoms with Gasteiger partial charge >= 0.3 is 0 Å². The molecule has 0 radical (unpaired) electrons. The van der Waals surface area contributed by atoms with Crippen LogP contribution >= 0.6 is 11.3 Å². The molecule has 4 saturated heterocycles. The first-order valence-corrected chi connectivity index (χ1v) is 38.6. The zero-order valence-corrected chi connectivity index (χ0v) is 65.5. The highest BCUT2D eigenvalue weighted by Gasteiger charge is 2.24.